The maximum Gasteiger partial charge on any atom is 0.191 e. The smallest absolute Gasteiger partial charge is 0.191 e. The van der Waals surface area contributed by atoms with Crippen molar-refractivity contribution in [1.29, 1.82) is 0 Å². The fraction of sp³-hybridized carbons (Fsp3) is 0.333. The van der Waals surface area contributed by atoms with Gasteiger partial charge in [-0.05, 0) is 68.2 Å². The highest BCUT2D eigenvalue weighted by Gasteiger charge is 2.26. The molecule has 2 rings (SSSR count). The van der Waals surface area contributed by atoms with Crippen molar-refractivity contribution in [3.05, 3.63) is 59.2 Å². The zero-order chi connectivity index (χ0) is 19.3. The van der Waals surface area contributed by atoms with Gasteiger partial charge in [-0.2, -0.15) is 0 Å². The first-order valence-electron chi connectivity index (χ1n) is 8.54. The standard InChI is InChI=1S/C21H25NO2S2/c1-6-15-11-12-17(16(13-15)14-22-26(23)21(2,3)4)18-9-7-8-10-19(18)20(25)24-5/h7-14H,6H2,1-5H3. The van der Waals surface area contributed by atoms with Crippen LogP contribution >= 0.6 is 12.2 Å². The molecule has 0 saturated heterocycles. The largest absolute Gasteiger partial charge is 0.591 e. The quantitative estimate of drug-likeness (QED) is 0.406. The Balaban J connectivity index is 2.57. The highest BCUT2D eigenvalue weighted by molar-refractivity contribution is 7.91. The summed E-state index contributed by atoms with van der Waals surface area (Å²) in [4.78, 5) is 0. The van der Waals surface area contributed by atoms with Crippen LogP contribution in [0.4, 0.5) is 0 Å². The summed E-state index contributed by atoms with van der Waals surface area (Å²) >= 11 is 4.04. The molecule has 3 nitrogen and oxygen atoms in total. The molecule has 1 atom stereocenters. The maximum atomic E-state index is 12.3. The first-order chi connectivity index (χ1) is 12.3. The third kappa shape index (κ3) is 4.93. The van der Waals surface area contributed by atoms with Gasteiger partial charge in [0.1, 0.15) is 16.1 Å². The van der Waals surface area contributed by atoms with Crippen LogP contribution in [0.25, 0.3) is 11.1 Å². The summed E-state index contributed by atoms with van der Waals surface area (Å²) < 4.78 is 21.5. The van der Waals surface area contributed by atoms with E-state index in [0.717, 1.165) is 28.7 Å². The number of hydrogen-bond acceptors (Lipinski definition) is 4. The van der Waals surface area contributed by atoms with Gasteiger partial charge in [-0.15, -0.1) is 0 Å². The van der Waals surface area contributed by atoms with Crippen molar-refractivity contribution in [2.75, 3.05) is 7.11 Å². The van der Waals surface area contributed by atoms with Crippen molar-refractivity contribution in [3.8, 4) is 11.1 Å². The number of aryl methyl sites for hydroxylation is 1. The molecule has 0 bridgehead atoms. The minimum atomic E-state index is -1.31. The van der Waals surface area contributed by atoms with Gasteiger partial charge in [-0.25, -0.2) is 0 Å². The van der Waals surface area contributed by atoms with E-state index >= 15 is 0 Å². The Morgan fingerprint density at radius 3 is 2.50 bits per heavy atom. The number of thiocarbonyl (C=S) groups is 1. The molecule has 5 heteroatoms. The summed E-state index contributed by atoms with van der Waals surface area (Å²) in [7, 11) is 1.58. The van der Waals surface area contributed by atoms with Gasteiger partial charge >= 0.3 is 0 Å². The lowest BCUT2D eigenvalue weighted by atomic mass is 9.94. The molecular formula is C21H25NO2S2. The van der Waals surface area contributed by atoms with E-state index in [4.69, 9.17) is 17.0 Å². The van der Waals surface area contributed by atoms with Gasteiger partial charge in [-0.3, -0.25) is 0 Å². The third-order valence-corrected chi connectivity index (χ3v) is 5.69. The lowest BCUT2D eigenvalue weighted by molar-refractivity contribution is 0.416. The summed E-state index contributed by atoms with van der Waals surface area (Å²) in [5.74, 6) is 0. The molecule has 26 heavy (non-hydrogen) atoms. The number of benzene rings is 2. The Bertz CT molecular complexity index is 810. The van der Waals surface area contributed by atoms with Crippen LogP contribution < -0.4 is 0 Å². The topological polar surface area (TPSA) is 44.6 Å². The number of rotatable bonds is 5. The fourth-order valence-corrected chi connectivity index (χ4v) is 3.16. The van der Waals surface area contributed by atoms with Crippen LogP contribution in [-0.2, 0) is 22.5 Å². The van der Waals surface area contributed by atoms with Crippen LogP contribution in [-0.4, -0.2) is 27.7 Å². The van der Waals surface area contributed by atoms with E-state index in [1.165, 1.54) is 5.56 Å². The predicted molar refractivity (Wildman–Crippen MR) is 115 cm³/mol. The third-order valence-electron chi connectivity index (χ3n) is 3.96. The lowest BCUT2D eigenvalue weighted by Gasteiger charge is -2.18. The Labute approximate surface area is 164 Å². The van der Waals surface area contributed by atoms with E-state index in [0.29, 0.717) is 5.05 Å². The molecule has 0 radical (unpaired) electrons. The Kier molecular flexibility index (Phi) is 6.98. The van der Waals surface area contributed by atoms with Crippen LogP contribution in [0.5, 0.6) is 0 Å². The maximum absolute atomic E-state index is 12.3. The minimum absolute atomic E-state index is 0.394. The number of nitrogens with zero attached hydrogens (tertiary/aromatic N) is 1. The van der Waals surface area contributed by atoms with Gasteiger partial charge in [0.25, 0.3) is 0 Å². The molecule has 0 heterocycles. The Morgan fingerprint density at radius 2 is 1.88 bits per heavy atom. The van der Waals surface area contributed by atoms with Crippen molar-refractivity contribution in [2.24, 2.45) is 4.40 Å². The van der Waals surface area contributed by atoms with E-state index in [2.05, 4.69) is 29.5 Å². The molecule has 2 aromatic rings. The fourth-order valence-electron chi connectivity index (χ4n) is 2.45. The summed E-state index contributed by atoms with van der Waals surface area (Å²) in [5.41, 5.74) is 4.95. The first-order valence-corrected chi connectivity index (χ1v) is 10.1. The number of hydrogen-bond donors (Lipinski definition) is 0. The van der Waals surface area contributed by atoms with Crippen molar-refractivity contribution in [3.63, 3.8) is 0 Å². The van der Waals surface area contributed by atoms with Crippen molar-refractivity contribution < 1.29 is 9.29 Å². The van der Waals surface area contributed by atoms with Gasteiger partial charge < -0.3 is 9.29 Å². The molecule has 0 amide bonds. The molecule has 0 aliphatic rings. The molecule has 0 N–H and O–H groups in total. The SMILES string of the molecule is CCc1ccc(-c2ccccc2C(=S)OC)c(C=N[S+]([O-])C(C)(C)C)c1. The van der Waals surface area contributed by atoms with Gasteiger partial charge in [-0.1, -0.05) is 41.7 Å². The number of ether oxygens (including phenoxy) is 1. The van der Waals surface area contributed by atoms with Gasteiger partial charge in [0.05, 0.1) is 13.3 Å². The first kappa shape index (κ1) is 20.6. The normalized spacial score (nSPS) is 13.0. The lowest BCUT2D eigenvalue weighted by Crippen LogP contribution is -2.25. The van der Waals surface area contributed by atoms with Gasteiger partial charge in [0, 0.05) is 11.1 Å². The molecule has 0 spiro atoms. The molecular weight excluding hydrogens is 362 g/mol. The molecule has 0 fully saturated rings. The molecule has 2 aromatic carbocycles. The second-order valence-electron chi connectivity index (χ2n) is 6.91. The Morgan fingerprint density at radius 1 is 1.19 bits per heavy atom. The monoisotopic (exact) mass is 387 g/mol. The summed E-state index contributed by atoms with van der Waals surface area (Å²) in [5, 5.41) is 0.446. The molecule has 0 aliphatic carbocycles. The van der Waals surface area contributed by atoms with Crippen molar-refractivity contribution in [2.45, 2.75) is 38.9 Å². The second-order valence-corrected chi connectivity index (χ2v) is 9.21. The molecule has 0 aliphatic heterocycles. The van der Waals surface area contributed by atoms with Crippen molar-refractivity contribution in [1.82, 2.24) is 0 Å². The summed E-state index contributed by atoms with van der Waals surface area (Å²) in [6.07, 6.45) is 2.63. The molecule has 1 unspecified atom stereocenters. The highest BCUT2D eigenvalue weighted by atomic mass is 32.2. The zero-order valence-electron chi connectivity index (χ0n) is 15.9. The highest BCUT2D eigenvalue weighted by Crippen LogP contribution is 2.29. The second kappa shape index (κ2) is 8.80. The molecule has 138 valence electrons. The Hall–Kier alpha value is -1.69. The van der Waals surface area contributed by atoms with Crippen LogP contribution in [0.1, 0.15) is 44.4 Å². The molecule has 0 saturated carbocycles. The van der Waals surface area contributed by atoms with Crippen LogP contribution in [0.15, 0.2) is 46.9 Å². The zero-order valence-corrected chi connectivity index (χ0v) is 17.5. The number of methoxy groups -OCH3 is 1. The van der Waals surface area contributed by atoms with E-state index in [1.54, 1.807) is 13.3 Å². The van der Waals surface area contributed by atoms with Crippen LogP contribution in [0.2, 0.25) is 0 Å². The average molecular weight is 388 g/mol. The van der Waals surface area contributed by atoms with E-state index in [-0.39, 0.29) is 0 Å². The van der Waals surface area contributed by atoms with Gasteiger partial charge in [0.15, 0.2) is 5.05 Å². The van der Waals surface area contributed by atoms with Crippen molar-refractivity contribution >= 4 is 34.8 Å². The molecule has 0 aromatic heterocycles. The van der Waals surface area contributed by atoms with E-state index < -0.39 is 16.1 Å². The summed E-state index contributed by atoms with van der Waals surface area (Å²) in [6, 6.07) is 14.1. The minimum Gasteiger partial charge on any atom is -0.591 e. The van der Waals surface area contributed by atoms with E-state index in [9.17, 15) is 4.55 Å². The van der Waals surface area contributed by atoms with Gasteiger partial charge in [0.2, 0.25) is 0 Å². The predicted octanol–water partition coefficient (Wildman–Crippen LogP) is 5.12. The van der Waals surface area contributed by atoms with E-state index in [1.807, 2.05) is 45.0 Å². The van der Waals surface area contributed by atoms with Crippen LogP contribution in [0, 0.1) is 0 Å². The average Bonchev–Trinajstić information content (AvgIpc) is 2.64. The van der Waals surface area contributed by atoms with Crippen LogP contribution in [0.3, 0.4) is 0 Å². The summed E-state index contributed by atoms with van der Waals surface area (Å²) in [6.45, 7) is 7.85.